The Kier molecular flexibility index (Phi) is 8.51. The van der Waals surface area contributed by atoms with Crippen molar-refractivity contribution in [2.45, 2.75) is 45.9 Å². The molecule has 0 spiro atoms. The van der Waals surface area contributed by atoms with Gasteiger partial charge in [-0.1, -0.05) is 24.3 Å². The van der Waals surface area contributed by atoms with Crippen molar-refractivity contribution in [3.63, 3.8) is 0 Å². The molecule has 0 unspecified atom stereocenters. The molecule has 0 aliphatic carbocycles. The molecule has 2 heterocycles. The second-order valence-corrected chi connectivity index (χ2v) is 11.4. The predicted molar refractivity (Wildman–Crippen MR) is 157 cm³/mol. The van der Waals surface area contributed by atoms with Gasteiger partial charge in [-0.05, 0) is 73.5 Å². The number of fused-ring (bicyclic) bond motifs is 1. The maximum atomic E-state index is 12.5. The first-order valence-corrected chi connectivity index (χ1v) is 13.7. The summed E-state index contributed by atoms with van der Waals surface area (Å²) >= 11 is 7.90. The second-order valence-electron chi connectivity index (χ2n) is 10.2. The molecular weight excluding hydrogens is 536 g/mol. The number of nitrogens with one attached hydrogen (secondary N) is 1. The van der Waals surface area contributed by atoms with Crippen molar-refractivity contribution in [3.05, 3.63) is 63.6 Å². The lowest BCUT2D eigenvalue weighted by molar-refractivity contribution is 0.0285. The van der Waals surface area contributed by atoms with Crippen LogP contribution < -0.4 is 14.8 Å². The van der Waals surface area contributed by atoms with Gasteiger partial charge in [-0.3, -0.25) is 0 Å². The zero-order chi connectivity index (χ0) is 28.3. The molecular formula is C29H33ClN4O4S. The van der Waals surface area contributed by atoms with Gasteiger partial charge in [0.15, 0.2) is 11.5 Å². The van der Waals surface area contributed by atoms with Gasteiger partial charge in [-0.2, -0.15) is 0 Å². The number of benzene rings is 2. The molecule has 4 rings (SSSR count). The predicted octanol–water partition coefficient (Wildman–Crippen LogP) is 7.57. The van der Waals surface area contributed by atoms with E-state index in [0.29, 0.717) is 29.4 Å². The van der Waals surface area contributed by atoms with E-state index in [1.165, 1.54) is 0 Å². The molecule has 0 saturated heterocycles. The molecule has 206 valence electrons. The highest BCUT2D eigenvalue weighted by atomic mass is 35.5. The van der Waals surface area contributed by atoms with Crippen molar-refractivity contribution >= 4 is 45.8 Å². The summed E-state index contributed by atoms with van der Waals surface area (Å²) in [5.74, 6) is 1.75. The molecule has 0 saturated carbocycles. The van der Waals surface area contributed by atoms with Crippen LogP contribution in [0.3, 0.4) is 0 Å². The number of halogens is 1. The Morgan fingerprint density at radius 2 is 1.79 bits per heavy atom. The highest BCUT2D eigenvalue weighted by Gasteiger charge is 2.21. The van der Waals surface area contributed by atoms with Crippen LogP contribution in [-0.2, 0) is 11.3 Å². The van der Waals surface area contributed by atoms with Crippen LogP contribution in [-0.4, -0.2) is 47.8 Å². The van der Waals surface area contributed by atoms with E-state index >= 15 is 0 Å². The largest absolute Gasteiger partial charge is 0.493 e. The van der Waals surface area contributed by atoms with Crippen molar-refractivity contribution in [3.8, 4) is 22.6 Å². The molecule has 4 aromatic rings. The molecule has 1 amide bonds. The van der Waals surface area contributed by atoms with Crippen LogP contribution in [0, 0.1) is 0 Å². The Labute approximate surface area is 237 Å². The molecule has 39 heavy (non-hydrogen) atoms. The van der Waals surface area contributed by atoms with Crippen molar-refractivity contribution < 1.29 is 19.0 Å². The summed E-state index contributed by atoms with van der Waals surface area (Å²) in [6.45, 7) is 8.09. The molecule has 0 aliphatic heterocycles. The minimum Gasteiger partial charge on any atom is -0.493 e. The zero-order valence-electron chi connectivity index (χ0n) is 23.2. The third-order valence-corrected chi connectivity index (χ3v) is 7.30. The lowest BCUT2D eigenvalue weighted by Gasteiger charge is -2.25. The normalized spacial score (nSPS) is 12.2. The Morgan fingerprint density at radius 1 is 1.10 bits per heavy atom. The summed E-state index contributed by atoms with van der Waals surface area (Å²) in [7, 11) is 4.92. The summed E-state index contributed by atoms with van der Waals surface area (Å²) in [6.07, 6.45) is -0.355. The molecule has 0 bridgehead atoms. The quantitative estimate of drug-likeness (QED) is 0.219. The number of ether oxygens (including phenoxy) is 3. The minimum atomic E-state index is -0.549. The Balaban J connectivity index is 1.58. The highest BCUT2D eigenvalue weighted by molar-refractivity contribution is 7.10. The van der Waals surface area contributed by atoms with Crippen LogP contribution in [0.2, 0.25) is 5.28 Å². The number of hydrogen-bond acceptors (Lipinski definition) is 8. The number of nitrogens with zero attached hydrogens (tertiary/aromatic N) is 3. The molecule has 8 nitrogen and oxygen atoms in total. The summed E-state index contributed by atoms with van der Waals surface area (Å²) < 4.78 is 16.4. The van der Waals surface area contributed by atoms with E-state index in [2.05, 4.69) is 39.7 Å². The van der Waals surface area contributed by atoms with E-state index < -0.39 is 5.60 Å². The smallest absolute Gasteiger partial charge is 0.410 e. The van der Waals surface area contributed by atoms with Crippen LogP contribution in [0.25, 0.3) is 22.0 Å². The maximum Gasteiger partial charge on any atom is 0.410 e. The average molecular weight is 569 g/mol. The van der Waals surface area contributed by atoms with Crippen molar-refractivity contribution in [1.29, 1.82) is 0 Å². The van der Waals surface area contributed by atoms with Gasteiger partial charge in [0.2, 0.25) is 5.28 Å². The van der Waals surface area contributed by atoms with Gasteiger partial charge in [0.25, 0.3) is 0 Å². The summed E-state index contributed by atoms with van der Waals surface area (Å²) in [4.78, 5) is 24.0. The molecule has 0 radical (unpaired) electrons. The average Bonchev–Trinajstić information content (AvgIpc) is 3.37. The number of hydrogen-bond donors (Lipinski definition) is 1. The fourth-order valence-electron chi connectivity index (χ4n) is 4.13. The number of aromatic nitrogens is 2. The lowest BCUT2D eigenvalue weighted by atomic mass is 10.0. The fourth-order valence-corrected chi connectivity index (χ4v) is 5.23. The van der Waals surface area contributed by atoms with Crippen molar-refractivity contribution in [2.75, 3.05) is 26.6 Å². The van der Waals surface area contributed by atoms with E-state index in [0.717, 1.165) is 27.0 Å². The summed E-state index contributed by atoms with van der Waals surface area (Å²) in [5, 5.41) is 6.52. The molecule has 0 aliphatic rings. The Bertz CT molecular complexity index is 1480. The third kappa shape index (κ3) is 6.72. The van der Waals surface area contributed by atoms with Crippen LogP contribution in [0.4, 0.5) is 10.6 Å². The number of carbonyl (C=O) groups excluding carboxylic acids is 1. The Hall–Kier alpha value is -3.56. The third-order valence-electron chi connectivity index (χ3n) is 6.01. The fraction of sp³-hybridized carbons (Fsp3) is 0.345. The van der Waals surface area contributed by atoms with E-state index in [4.69, 9.17) is 25.8 Å². The van der Waals surface area contributed by atoms with Crippen molar-refractivity contribution in [2.24, 2.45) is 0 Å². The van der Waals surface area contributed by atoms with E-state index in [1.807, 2.05) is 45.0 Å². The first-order valence-electron chi connectivity index (χ1n) is 12.5. The minimum absolute atomic E-state index is 0.0670. The van der Waals surface area contributed by atoms with E-state index in [1.54, 1.807) is 43.6 Å². The molecule has 2 aromatic carbocycles. The number of anilines is 1. The van der Waals surface area contributed by atoms with E-state index in [9.17, 15) is 4.79 Å². The van der Waals surface area contributed by atoms with Gasteiger partial charge in [0.05, 0.1) is 25.8 Å². The van der Waals surface area contributed by atoms with Gasteiger partial charge in [-0.15, -0.1) is 11.3 Å². The van der Waals surface area contributed by atoms with Crippen LogP contribution >= 0.6 is 22.9 Å². The van der Waals surface area contributed by atoms with Crippen LogP contribution in [0.15, 0.2) is 47.8 Å². The summed E-state index contributed by atoms with van der Waals surface area (Å²) in [6, 6.07) is 13.8. The van der Waals surface area contributed by atoms with Gasteiger partial charge < -0.3 is 24.4 Å². The first kappa shape index (κ1) is 28.4. The molecule has 1 atom stereocenters. The van der Waals surface area contributed by atoms with E-state index in [-0.39, 0.29) is 17.4 Å². The monoisotopic (exact) mass is 568 g/mol. The number of amides is 1. The Morgan fingerprint density at radius 3 is 2.49 bits per heavy atom. The summed E-state index contributed by atoms with van der Waals surface area (Å²) in [5.41, 5.74) is 3.28. The lowest BCUT2D eigenvalue weighted by Crippen LogP contribution is -2.33. The van der Waals surface area contributed by atoms with Gasteiger partial charge in [-0.25, -0.2) is 14.8 Å². The molecule has 1 N–H and O–H groups in total. The SMILES string of the molecule is COc1cc2nc(Cl)nc(N[C@H](C)c3cc(-c4ccccc4CN(C)C(=O)OC(C)(C)C)cs3)c2cc1OC. The van der Waals surface area contributed by atoms with Gasteiger partial charge in [0.1, 0.15) is 11.4 Å². The number of rotatable bonds is 8. The maximum absolute atomic E-state index is 12.5. The number of thiophene rings is 1. The zero-order valence-corrected chi connectivity index (χ0v) is 24.7. The second kappa shape index (κ2) is 11.7. The molecule has 10 heteroatoms. The van der Waals surface area contributed by atoms with Gasteiger partial charge in [0, 0.05) is 29.9 Å². The topological polar surface area (TPSA) is 85.8 Å². The number of carbonyl (C=O) groups is 1. The molecule has 0 fully saturated rings. The van der Waals surface area contributed by atoms with Crippen LogP contribution in [0.1, 0.15) is 44.2 Å². The van der Waals surface area contributed by atoms with Crippen molar-refractivity contribution in [1.82, 2.24) is 14.9 Å². The standard InChI is InChI=1S/C29H33ClN4O4S/c1-17(31-26-21-13-23(36-6)24(37-7)14-22(21)32-27(30)33-26)25-12-19(16-39-25)20-11-9-8-10-18(20)15-34(5)28(35)38-29(2,3)4/h8-14,16-17H,15H2,1-7H3,(H,31,32,33)/t17-/m1/s1. The highest BCUT2D eigenvalue weighted by Crippen LogP contribution is 2.37. The first-order chi connectivity index (χ1) is 18.5. The number of methoxy groups -OCH3 is 2. The van der Waals surface area contributed by atoms with Gasteiger partial charge >= 0.3 is 6.09 Å². The molecule has 2 aromatic heterocycles. The van der Waals surface area contributed by atoms with Crippen LogP contribution in [0.5, 0.6) is 11.5 Å².